The molecule has 2 N–H and O–H groups in total. The summed E-state index contributed by atoms with van der Waals surface area (Å²) in [6, 6.07) is 1.10. The molecule has 7 nitrogen and oxygen atoms in total. The molecule has 0 radical (unpaired) electrons. The van der Waals surface area contributed by atoms with Crippen molar-refractivity contribution in [2.45, 2.75) is 12.4 Å². The van der Waals surface area contributed by atoms with E-state index in [4.69, 9.17) is 4.74 Å². The summed E-state index contributed by atoms with van der Waals surface area (Å²) in [5.41, 5.74) is -0.708. The number of carbonyl (C=O) groups is 1. The second-order valence-electron chi connectivity index (χ2n) is 6.36. The Morgan fingerprint density at radius 2 is 1.67 bits per heavy atom. The minimum Gasteiger partial charge on any atom is -0.370 e. The van der Waals surface area contributed by atoms with Crippen LogP contribution >= 0.6 is 0 Å². The average molecular weight is 436 g/mol. The molecule has 0 aliphatic carbocycles. The zero-order chi connectivity index (χ0) is 21.9. The minimum atomic E-state index is -4.97. The predicted octanol–water partition coefficient (Wildman–Crippen LogP) is 1.40. The molecule has 1 fully saturated rings. The van der Waals surface area contributed by atoms with Crippen molar-refractivity contribution in [3.63, 3.8) is 0 Å². The molecule has 13 heteroatoms. The van der Waals surface area contributed by atoms with Crippen LogP contribution in [0.3, 0.4) is 0 Å². The molecule has 3 rings (SSSR count). The van der Waals surface area contributed by atoms with Gasteiger partial charge in [-0.05, 0) is 18.2 Å². The van der Waals surface area contributed by atoms with E-state index in [0.717, 1.165) is 22.1 Å². The number of quaternary nitrogens is 1. The number of rotatable bonds is 4. The smallest absolute Gasteiger partial charge is 0.370 e. The molecule has 1 aliphatic heterocycles. The van der Waals surface area contributed by atoms with Crippen LogP contribution in [-0.4, -0.2) is 47.0 Å². The number of hydrogen-bond acceptors (Lipinski definition) is 4. The van der Waals surface area contributed by atoms with Gasteiger partial charge in [-0.3, -0.25) is 4.79 Å². The van der Waals surface area contributed by atoms with Gasteiger partial charge in [-0.2, -0.15) is 31.8 Å². The van der Waals surface area contributed by atoms with Crippen molar-refractivity contribution in [1.29, 1.82) is 0 Å². The van der Waals surface area contributed by atoms with Crippen molar-refractivity contribution >= 4 is 12.1 Å². The van der Waals surface area contributed by atoms with Gasteiger partial charge >= 0.3 is 12.4 Å². The third kappa shape index (κ3) is 5.57. The first-order chi connectivity index (χ1) is 14.0. The van der Waals surface area contributed by atoms with Gasteiger partial charge in [0, 0.05) is 17.8 Å². The highest BCUT2D eigenvalue weighted by molar-refractivity contribution is 5.89. The molecule has 162 valence electrons. The van der Waals surface area contributed by atoms with E-state index in [9.17, 15) is 31.1 Å². The molecule has 2 aromatic rings. The van der Waals surface area contributed by atoms with Crippen molar-refractivity contribution in [1.82, 2.24) is 20.2 Å². The maximum Gasteiger partial charge on any atom is 0.416 e. The van der Waals surface area contributed by atoms with E-state index >= 15 is 0 Å². The van der Waals surface area contributed by atoms with E-state index in [0.29, 0.717) is 38.4 Å². The number of carbonyl (C=O) groups excluding carboxylic acids is 1. The number of halogens is 6. The van der Waals surface area contributed by atoms with E-state index < -0.39 is 35.0 Å². The first-order valence-corrected chi connectivity index (χ1v) is 8.65. The summed E-state index contributed by atoms with van der Waals surface area (Å²) >= 11 is 0. The van der Waals surface area contributed by atoms with Crippen LogP contribution in [0.4, 0.5) is 26.3 Å². The Bertz CT molecular complexity index is 899. The number of amides is 1. The second-order valence-corrected chi connectivity index (χ2v) is 6.36. The largest absolute Gasteiger partial charge is 0.416 e. The number of nitrogens with zero attached hydrogens (tertiary/aromatic N) is 3. The van der Waals surface area contributed by atoms with Crippen LogP contribution in [0.1, 0.15) is 11.1 Å². The fraction of sp³-hybridized carbons (Fsp3) is 0.353. The lowest BCUT2D eigenvalue weighted by Gasteiger charge is -2.22. The Morgan fingerprint density at radius 3 is 2.23 bits per heavy atom. The van der Waals surface area contributed by atoms with E-state index in [-0.39, 0.29) is 11.9 Å². The summed E-state index contributed by atoms with van der Waals surface area (Å²) in [6.07, 6.45) is -6.58. The van der Waals surface area contributed by atoms with Gasteiger partial charge < -0.3 is 4.74 Å². The Hall–Kier alpha value is -2.93. The van der Waals surface area contributed by atoms with Crippen molar-refractivity contribution in [3.05, 3.63) is 41.7 Å². The molecule has 30 heavy (non-hydrogen) atoms. The van der Waals surface area contributed by atoms with Crippen molar-refractivity contribution in [2.24, 2.45) is 0 Å². The molecule has 1 aromatic heterocycles. The Kier molecular flexibility index (Phi) is 6.12. The summed E-state index contributed by atoms with van der Waals surface area (Å²) in [4.78, 5) is 15.6. The van der Waals surface area contributed by atoms with Crippen LogP contribution in [0.25, 0.3) is 17.6 Å². The molecule has 0 unspecified atom stereocenters. The highest BCUT2D eigenvalue weighted by atomic mass is 19.4. The minimum absolute atomic E-state index is 0.0265. The number of aromatic nitrogens is 3. The van der Waals surface area contributed by atoms with Gasteiger partial charge in [0.15, 0.2) is 5.82 Å². The van der Waals surface area contributed by atoms with Gasteiger partial charge in [0.1, 0.15) is 19.4 Å². The first kappa shape index (κ1) is 21.8. The zero-order valence-electron chi connectivity index (χ0n) is 15.2. The molecule has 1 aliphatic rings. The van der Waals surface area contributed by atoms with Gasteiger partial charge in [0.2, 0.25) is 0 Å². The number of alkyl halides is 6. The SMILES string of the molecule is O=C(/C=C\n1cnc(-c2cc(C(F)(F)F)cc(C(F)(F)F)c2)n1)N[NH+]1CCOCC1. The van der Waals surface area contributed by atoms with Crippen LogP contribution in [0, 0.1) is 0 Å². The van der Waals surface area contributed by atoms with Crippen LogP contribution in [0.2, 0.25) is 0 Å². The fourth-order valence-electron chi connectivity index (χ4n) is 2.67. The quantitative estimate of drug-likeness (QED) is 0.562. The monoisotopic (exact) mass is 436 g/mol. The summed E-state index contributed by atoms with van der Waals surface area (Å²) in [7, 11) is 0. The molecule has 0 saturated carbocycles. The lowest BCUT2D eigenvalue weighted by molar-refractivity contribution is -0.943. The van der Waals surface area contributed by atoms with Gasteiger partial charge in [-0.25, -0.2) is 14.7 Å². The zero-order valence-corrected chi connectivity index (χ0v) is 15.2. The molecule has 2 heterocycles. The van der Waals surface area contributed by atoms with Crippen molar-refractivity contribution in [3.8, 4) is 11.4 Å². The lowest BCUT2D eigenvalue weighted by atomic mass is 10.0. The molecular weight excluding hydrogens is 420 g/mol. The average Bonchev–Trinajstić information content (AvgIpc) is 3.15. The van der Waals surface area contributed by atoms with E-state index in [1.54, 1.807) is 0 Å². The molecule has 1 aromatic carbocycles. The highest BCUT2D eigenvalue weighted by Gasteiger charge is 2.37. The molecule has 1 amide bonds. The van der Waals surface area contributed by atoms with Crippen LogP contribution in [0.15, 0.2) is 30.6 Å². The van der Waals surface area contributed by atoms with Crippen LogP contribution in [-0.2, 0) is 21.9 Å². The lowest BCUT2D eigenvalue weighted by Crippen LogP contribution is -3.20. The number of benzene rings is 1. The van der Waals surface area contributed by atoms with Gasteiger partial charge in [-0.1, -0.05) is 0 Å². The molecular formula is C17H16F6N5O2+. The van der Waals surface area contributed by atoms with E-state index in [2.05, 4.69) is 15.5 Å². The normalized spacial score (nSPS) is 16.2. The summed E-state index contributed by atoms with van der Waals surface area (Å²) in [5, 5.41) is 4.63. The number of hydrogen-bond donors (Lipinski definition) is 2. The molecule has 0 bridgehead atoms. The van der Waals surface area contributed by atoms with Gasteiger partial charge in [-0.15, -0.1) is 5.10 Å². The topological polar surface area (TPSA) is 73.5 Å². The third-order valence-corrected chi connectivity index (χ3v) is 4.13. The number of nitrogens with one attached hydrogen (secondary N) is 2. The first-order valence-electron chi connectivity index (χ1n) is 8.65. The Morgan fingerprint density at radius 1 is 1.07 bits per heavy atom. The second kappa shape index (κ2) is 8.44. The Balaban J connectivity index is 1.78. The fourth-order valence-corrected chi connectivity index (χ4v) is 2.67. The third-order valence-electron chi connectivity index (χ3n) is 4.13. The van der Waals surface area contributed by atoms with Gasteiger partial charge in [0.25, 0.3) is 5.91 Å². The van der Waals surface area contributed by atoms with E-state index in [1.165, 1.54) is 6.20 Å². The summed E-state index contributed by atoms with van der Waals surface area (Å²) < 4.78 is 84.1. The predicted molar refractivity (Wildman–Crippen MR) is 90.5 cm³/mol. The Labute approximate surface area is 165 Å². The highest BCUT2D eigenvalue weighted by Crippen LogP contribution is 2.37. The maximum atomic E-state index is 13.0. The standard InChI is InChI=1S/C17H15F6N5O2/c18-16(19,20)12-7-11(8-13(9-12)17(21,22)23)15-24-10-28(26-15)2-1-14(29)25-27-3-5-30-6-4-27/h1-2,7-10H,3-6H2,(H,25,29)/p+1/b2-1-. The molecule has 1 saturated heterocycles. The van der Waals surface area contributed by atoms with Gasteiger partial charge in [0.05, 0.1) is 24.3 Å². The van der Waals surface area contributed by atoms with Crippen molar-refractivity contribution in [2.75, 3.05) is 26.3 Å². The van der Waals surface area contributed by atoms with E-state index in [1.807, 2.05) is 0 Å². The van der Waals surface area contributed by atoms with Crippen LogP contribution in [0.5, 0.6) is 0 Å². The number of morpholine rings is 1. The maximum absolute atomic E-state index is 13.0. The number of ether oxygens (including phenoxy) is 1. The van der Waals surface area contributed by atoms with Crippen molar-refractivity contribution < 1.29 is 40.9 Å². The summed E-state index contributed by atoms with van der Waals surface area (Å²) in [6.45, 7) is 2.18. The molecule has 0 atom stereocenters. The van der Waals surface area contributed by atoms with Crippen LogP contribution < -0.4 is 10.4 Å². The molecule has 0 spiro atoms. The summed E-state index contributed by atoms with van der Waals surface area (Å²) in [5.74, 6) is -0.808.